The van der Waals surface area contributed by atoms with E-state index in [-0.39, 0.29) is 48.6 Å². The smallest absolute Gasteiger partial charge is 0.323 e. The molecule has 6 aromatic rings. The molecule has 16 nitrogen and oxygen atoms in total. The number of amides is 4. The summed E-state index contributed by atoms with van der Waals surface area (Å²) in [6.45, 7) is 4.72. The van der Waals surface area contributed by atoms with Gasteiger partial charge in [0.25, 0.3) is 11.4 Å². The van der Waals surface area contributed by atoms with Crippen LogP contribution in [0.15, 0.2) is 109 Å². The zero-order valence-electron chi connectivity index (χ0n) is 35.1. The molecule has 1 aliphatic carbocycles. The highest BCUT2D eigenvalue weighted by Gasteiger charge is 2.23. The number of carbonyl (C=O) groups excluding carboxylic acids is 2. The zero-order chi connectivity index (χ0) is 45.3. The quantitative estimate of drug-likeness (QED) is 0.0387. The van der Waals surface area contributed by atoms with Gasteiger partial charge < -0.3 is 41.0 Å². The van der Waals surface area contributed by atoms with E-state index in [1.807, 2.05) is 50.2 Å². The van der Waals surface area contributed by atoms with Crippen LogP contribution in [0, 0.1) is 20.2 Å². The van der Waals surface area contributed by atoms with Crippen molar-refractivity contribution in [1.82, 2.24) is 0 Å². The fraction of sp³-hybridized carbons (Fsp3) is 0.208. The number of nitrogens with one attached hydrogen (secondary N) is 4. The van der Waals surface area contributed by atoms with Crippen molar-refractivity contribution in [3.8, 4) is 23.0 Å². The number of anilines is 4. The van der Waals surface area contributed by atoms with Gasteiger partial charge in [-0.3, -0.25) is 20.2 Å². The summed E-state index contributed by atoms with van der Waals surface area (Å²) in [5.41, 5.74) is 6.16. The first-order chi connectivity index (χ1) is 30.9. The third kappa shape index (κ3) is 10.5. The van der Waals surface area contributed by atoms with Crippen molar-refractivity contribution in [3.05, 3.63) is 174 Å². The number of fused-ring (bicyclic) bond motifs is 8. The molecule has 0 fully saturated rings. The summed E-state index contributed by atoms with van der Waals surface area (Å²) in [5.74, 6) is 1.17. The van der Waals surface area contributed by atoms with E-state index in [0.717, 1.165) is 22.3 Å². The van der Waals surface area contributed by atoms with E-state index >= 15 is 0 Å². The van der Waals surface area contributed by atoms with Crippen LogP contribution in [-0.4, -0.2) is 45.3 Å². The Morgan fingerprint density at radius 3 is 1.08 bits per heavy atom. The third-order valence-corrected chi connectivity index (χ3v) is 10.5. The Bertz CT molecular complexity index is 2450. The number of carbonyl (C=O) groups is 2. The number of non-ortho nitro benzene ring substituents is 2. The molecular weight excluding hydrogens is 821 g/mol. The van der Waals surface area contributed by atoms with Crippen LogP contribution in [0.3, 0.4) is 0 Å². The average Bonchev–Trinajstić information content (AvgIpc) is 3.26. The van der Waals surface area contributed by atoms with Gasteiger partial charge in [0.1, 0.15) is 23.0 Å². The Labute approximate surface area is 368 Å². The molecule has 6 aromatic carbocycles. The van der Waals surface area contributed by atoms with E-state index in [1.165, 1.54) is 48.5 Å². The number of urea groups is 2. The lowest BCUT2D eigenvalue weighted by Gasteiger charge is -2.21. The van der Waals surface area contributed by atoms with Crippen molar-refractivity contribution in [1.29, 1.82) is 0 Å². The van der Waals surface area contributed by atoms with Gasteiger partial charge in [-0.2, -0.15) is 0 Å². The largest absolute Gasteiger partial charge is 0.507 e. The van der Waals surface area contributed by atoms with Gasteiger partial charge in [-0.05, 0) is 83.6 Å². The Balaban J connectivity index is 1.31. The lowest BCUT2D eigenvalue weighted by atomic mass is 9.91. The summed E-state index contributed by atoms with van der Waals surface area (Å²) in [5, 5.41) is 57.5. The van der Waals surface area contributed by atoms with Crippen LogP contribution in [0.5, 0.6) is 23.0 Å². The number of benzene rings is 6. The highest BCUT2D eigenvalue weighted by molar-refractivity contribution is 6.00. The molecule has 7 rings (SSSR count). The van der Waals surface area contributed by atoms with E-state index < -0.39 is 21.9 Å². The number of ether oxygens (including phenoxy) is 2. The number of phenolic OH excluding ortho intramolecular Hbond substituents is 2. The number of para-hydroxylation sites is 2. The first kappa shape index (κ1) is 43.9. The van der Waals surface area contributed by atoms with Crippen molar-refractivity contribution in [2.24, 2.45) is 0 Å². The predicted octanol–water partition coefficient (Wildman–Crippen LogP) is 10.5. The topological polar surface area (TPSA) is 227 Å². The molecule has 64 heavy (non-hydrogen) atoms. The van der Waals surface area contributed by atoms with Crippen LogP contribution in [0.25, 0.3) is 0 Å². The molecule has 4 amide bonds. The number of nitro groups is 2. The molecule has 0 spiro atoms. The molecule has 0 saturated heterocycles. The molecule has 16 heteroatoms. The highest BCUT2D eigenvalue weighted by Crippen LogP contribution is 2.40. The van der Waals surface area contributed by atoms with Crippen LogP contribution < -0.4 is 30.7 Å². The van der Waals surface area contributed by atoms with E-state index in [4.69, 9.17) is 9.47 Å². The second-order valence-electron chi connectivity index (χ2n) is 15.3. The van der Waals surface area contributed by atoms with Crippen molar-refractivity contribution < 1.29 is 39.1 Å². The minimum Gasteiger partial charge on any atom is -0.507 e. The second kappa shape index (κ2) is 19.7. The van der Waals surface area contributed by atoms with Gasteiger partial charge in [-0.1, -0.05) is 50.2 Å². The minimum atomic E-state index is -0.597. The van der Waals surface area contributed by atoms with Gasteiger partial charge >= 0.3 is 12.1 Å². The fourth-order valence-electron chi connectivity index (χ4n) is 7.56. The van der Waals surface area contributed by atoms with Crippen molar-refractivity contribution in [3.63, 3.8) is 0 Å². The first-order valence-electron chi connectivity index (χ1n) is 20.7. The normalized spacial score (nSPS) is 11.8. The maximum Gasteiger partial charge on any atom is 0.323 e. The van der Waals surface area contributed by atoms with Gasteiger partial charge in [-0.25, -0.2) is 9.59 Å². The molecule has 0 aliphatic heterocycles. The van der Waals surface area contributed by atoms with Gasteiger partial charge in [0.05, 0.1) is 23.1 Å². The van der Waals surface area contributed by atoms with Gasteiger partial charge in [0.15, 0.2) is 0 Å². The number of phenols is 2. The van der Waals surface area contributed by atoms with Gasteiger partial charge in [-0.15, -0.1) is 0 Å². The average molecular weight is 867 g/mol. The predicted molar refractivity (Wildman–Crippen MR) is 243 cm³/mol. The number of hydrogen-bond acceptors (Lipinski definition) is 10. The molecular formula is C48H46N6O10. The zero-order valence-corrected chi connectivity index (χ0v) is 35.1. The maximum absolute atomic E-state index is 13.4. The summed E-state index contributed by atoms with van der Waals surface area (Å²) in [6, 6.07) is 27.8. The van der Waals surface area contributed by atoms with Crippen molar-refractivity contribution in [2.45, 2.75) is 52.4 Å². The number of nitro benzene ring substituents is 2. The van der Waals surface area contributed by atoms with Crippen LogP contribution in [0.4, 0.5) is 43.7 Å². The lowest BCUT2D eigenvalue weighted by molar-refractivity contribution is -0.385. The third-order valence-electron chi connectivity index (χ3n) is 10.5. The summed E-state index contributed by atoms with van der Waals surface area (Å²) < 4.78 is 12.8. The molecule has 0 unspecified atom stereocenters. The molecule has 0 atom stereocenters. The molecule has 1 aliphatic rings. The molecule has 8 bridgehead atoms. The monoisotopic (exact) mass is 866 g/mol. The number of aromatic hydroxyl groups is 2. The van der Waals surface area contributed by atoms with E-state index in [1.54, 1.807) is 24.3 Å². The Morgan fingerprint density at radius 2 is 0.797 bits per heavy atom. The van der Waals surface area contributed by atoms with Crippen LogP contribution in [0.1, 0.15) is 71.2 Å². The maximum atomic E-state index is 13.4. The lowest BCUT2D eigenvalue weighted by Crippen LogP contribution is -2.19. The summed E-state index contributed by atoms with van der Waals surface area (Å²) in [6.07, 6.45) is 2.15. The summed E-state index contributed by atoms with van der Waals surface area (Å²) in [4.78, 5) is 48.0. The Morgan fingerprint density at radius 1 is 0.500 bits per heavy atom. The molecule has 0 aromatic heterocycles. The molecule has 328 valence electrons. The number of nitrogens with zero attached hydrogens (tertiary/aromatic N) is 2. The highest BCUT2D eigenvalue weighted by atomic mass is 16.6. The van der Waals surface area contributed by atoms with Crippen LogP contribution >= 0.6 is 0 Å². The Hall–Kier alpha value is -8.14. The van der Waals surface area contributed by atoms with E-state index in [9.17, 15) is 40.0 Å². The minimum absolute atomic E-state index is 0.0256. The standard InChI is InChI=1S/C48H46N6O10/c1-3-19-63-45-29-7-5-8-30(45)22-34-26-40(52-48(58)50-38-13-17-42(18-14-38)54(61)62)28-36(44(34)56)24-32-10-6-9-31(46(32)64-20-4-2)23-35-27-39(25-33(21-29)43(35)55)51-47(57)49-37-11-15-41(16-12-37)53(59)60/h5-18,25-28,55-56H,3-4,19-24H2,1-2H3,(H2,49,51,57)(H2,50,52,58). The van der Waals surface area contributed by atoms with E-state index in [0.29, 0.717) is 82.6 Å². The van der Waals surface area contributed by atoms with Crippen molar-refractivity contribution >= 4 is 46.2 Å². The second-order valence-corrected chi connectivity index (χ2v) is 15.3. The molecule has 6 N–H and O–H groups in total. The first-order valence-corrected chi connectivity index (χ1v) is 20.7. The number of hydrogen-bond donors (Lipinski definition) is 6. The molecule has 0 saturated carbocycles. The molecule has 0 radical (unpaired) electrons. The summed E-state index contributed by atoms with van der Waals surface area (Å²) >= 11 is 0. The van der Waals surface area contributed by atoms with Gasteiger partial charge in [0.2, 0.25) is 0 Å². The fourth-order valence-corrected chi connectivity index (χ4v) is 7.56. The molecule has 0 heterocycles. The van der Waals surface area contributed by atoms with Gasteiger partial charge in [0, 0.05) is 95.0 Å². The Kier molecular flexibility index (Phi) is 13.5. The SMILES string of the molecule is CCCOc1c2cccc1Cc1cc(NC(=O)Nc3ccc([N+](=O)[O-])cc3)cc(c1O)Cc1cccc(c1OCCC)Cc1cc(NC(=O)Nc3ccc([N+](=O)[O-])cc3)cc(c1O)C2. The summed E-state index contributed by atoms with van der Waals surface area (Å²) in [7, 11) is 0. The van der Waals surface area contributed by atoms with E-state index in [2.05, 4.69) is 21.3 Å². The number of rotatable bonds is 12. The van der Waals surface area contributed by atoms with Crippen LogP contribution in [-0.2, 0) is 25.7 Å². The van der Waals surface area contributed by atoms with Crippen molar-refractivity contribution in [2.75, 3.05) is 34.5 Å². The van der Waals surface area contributed by atoms with Crippen LogP contribution in [0.2, 0.25) is 0 Å².